The molecule has 9 heteroatoms. The van der Waals surface area contributed by atoms with Crippen molar-refractivity contribution >= 4 is 5.84 Å². The molecule has 4 heterocycles. The molecule has 4 bridgehead atoms. The number of benzene rings is 1. The maximum absolute atomic E-state index is 16.0. The van der Waals surface area contributed by atoms with Crippen molar-refractivity contribution in [3.8, 4) is 6.07 Å². The van der Waals surface area contributed by atoms with Crippen LogP contribution in [0.1, 0.15) is 69.5 Å². The highest BCUT2D eigenvalue weighted by Gasteiger charge is 2.51. The summed E-state index contributed by atoms with van der Waals surface area (Å²) in [6, 6.07) is 6.12. The largest absolute Gasteiger partial charge is 0.360 e. The van der Waals surface area contributed by atoms with Gasteiger partial charge in [-0.1, -0.05) is 44.2 Å². The molecule has 43 heavy (non-hydrogen) atoms. The second kappa shape index (κ2) is 11.9. The minimum Gasteiger partial charge on any atom is -0.360 e. The van der Waals surface area contributed by atoms with Crippen molar-refractivity contribution in [1.82, 2.24) is 20.0 Å². The van der Waals surface area contributed by atoms with Gasteiger partial charge < -0.3 is 15.1 Å². The first-order chi connectivity index (χ1) is 20.4. The molecule has 0 spiro atoms. The van der Waals surface area contributed by atoms with Gasteiger partial charge in [0.2, 0.25) is 0 Å². The van der Waals surface area contributed by atoms with Crippen LogP contribution >= 0.6 is 0 Å². The molecular formula is C34H43F3N6. The summed E-state index contributed by atoms with van der Waals surface area (Å²) < 4.78 is 47.4. The number of likely N-dealkylation sites (N-methyl/N-ethyl adjacent to an activating group) is 1. The van der Waals surface area contributed by atoms with E-state index in [9.17, 15) is 5.26 Å². The molecule has 1 saturated carbocycles. The highest BCUT2D eigenvalue weighted by Crippen LogP contribution is 2.55. The number of nitriles is 1. The van der Waals surface area contributed by atoms with E-state index in [4.69, 9.17) is 4.99 Å². The summed E-state index contributed by atoms with van der Waals surface area (Å²) in [6.45, 7) is 13.3. The molecule has 6 nitrogen and oxygen atoms in total. The Morgan fingerprint density at radius 2 is 1.86 bits per heavy atom. The summed E-state index contributed by atoms with van der Waals surface area (Å²) in [7, 11) is 3.97. The Balaban J connectivity index is 1.64. The van der Waals surface area contributed by atoms with Crippen molar-refractivity contribution in [2.24, 2.45) is 16.3 Å². The Bertz CT molecular complexity index is 1410. The number of halogens is 3. The molecule has 1 N–H and O–H groups in total. The molecule has 5 aliphatic rings. The van der Waals surface area contributed by atoms with Crippen molar-refractivity contribution in [3.05, 3.63) is 83.2 Å². The van der Waals surface area contributed by atoms with Crippen LogP contribution in [0.4, 0.5) is 13.2 Å². The van der Waals surface area contributed by atoms with Gasteiger partial charge in [-0.2, -0.15) is 5.26 Å². The topological polar surface area (TPSA) is 57.9 Å². The predicted molar refractivity (Wildman–Crippen MR) is 164 cm³/mol. The van der Waals surface area contributed by atoms with E-state index in [1.165, 1.54) is 24.4 Å². The third-order valence-corrected chi connectivity index (χ3v) is 9.72. The molecule has 0 aromatic heterocycles. The fraction of sp³-hybridized carbons (Fsp3) is 0.529. The highest BCUT2D eigenvalue weighted by molar-refractivity contribution is 6.03. The van der Waals surface area contributed by atoms with E-state index >= 15 is 13.2 Å². The summed E-state index contributed by atoms with van der Waals surface area (Å²) in [5, 5.41) is 13.2. The fourth-order valence-corrected chi connectivity index (χ4v) is 6.65. The number of allylic oxidation sites excluding steroid dienone is 1. The number of nitrogens with one attached hydrogen (secondary N) is 1. The summed E-state index contributed by atoms with van der Waals surface area (Å²) in [5.41, 5.74) is 1.26. The number of hydrogen-bond donors (Lipinski definition) is 1. The van der Waals surface area contributed by atoms with Gasteiger partial charge in [-0.05, 0) is 57.4 Å². The third kappa shape index (κ3) is 5.62. The maximum Gasteiger partial charge on any atom is 0.281 e. The van der Waals surface area contributed by atoms with Gasteiger partial charge >= 0.3 is 0 Å². The van der Waals surface area contributed by atoms with Crippen LogP contribution in [0, 0.1) is 28.5 Å². The summed E-state index contributed by atoms with van der Waals surface area (Å²) in [4.78, 5) is 11.1. The monoisotopic (exact) mass is 592 g/mol. The number of amidine groups is 1. The third-order valence-electron chi connectivity index (χ3n) is 9.72. The van der Waals surface area contributed by atoms with Crippen molar-refractivity contribution in [2.45, 2.75) is 70.4 Å². The molecule has 4 aliphatic heterocycles. The van der Waals surface area contributed by atoms with Crippen LogP contribution in [-0.2, 0) is 5.92 Å². The molecule has 0 radical (unpaired) electrons. The first-order valence-corrected chi connectivity index (χ1v) is 15.3. The zero-order valence-corrected chi connectivity index (χ0v) is 25.8. The van der Waals surface area contributed by atoms with Crippen molar-refractivity contribution in [3.63, 3.8) is 0 Å². The van der Waals surface area contributed by atoms with Gasteiger partial charge in [-0.25, -0.2) is 13.2 Å². The second-order valence-corrected chi connectivity index (χ2v) is 12.6. The van der Waals surface area contributed by atoms with Crippen molar-refractivity contribution in [2.75, 3.05) is 33.7 Å². The zero-order valence-electron chi connectivity index (χ0n) is 25.8. The number of rotatable bonds is 2. The van der Waals surface area contributed by atoms with Crippen LogP contribution in [0.2, 0.25) is 0 Å². The SMILES string of the molecule is C=CNC1=N[C@H](C)c2cccc(c2F)C(F)(F)C2CN(C2)C(C)CCCCCN(C)C2=C1C=C(C1(C#N)CC1)C(=C)N2C. The first-order valence-electron chi connectivity index (χ1n) is 15.3. The summed E-state index contributed by atoms with van der Waals surface area (Å²) >= 11 is 0. The number of fused-ring (bicyclic) bond motifs is 7. The van der Waals surface area contributed by atoms with Crippen LogP contribution in [-0.4, -0.2) is 60.3 Å². The Hall–Kier alpha value is -3.51. The van der Waals surface area contributed by atoms with E-state index in [0.717, 1.165) is 67.7 Å². The van der Waals surface area contributed by atoms with Crippen molar-refractivity contribution in [1.29, 1.82) is 5.26 Å². The van der Waals surface area contributed by atoms with Gasteiger partial charge in [0, 0.05) is 51.0 Å². The number of nitrogens with zero attached hydrogens (tertiary/aromatic N) is 5. The van der Waals surface area contributed by atoms with Crippen LogP contribution in [0.5, 0.6) is 0 Å². The smallest absolute Gasteiger partial charge is 0.281 e. The molecule has 2 atom stereocenters. The molecular weight excluding hydrogens is 549 g/mol. The molecule has 1 saturated heterocycles. The van der Waals surface area contributed by atoms with Gasteiger partial charge in [-0.3, -0.25) is 9.89 Å². The lowest BCUT2D eigenvalue weighted by molar-refractivity contribution is -0.134. The fourth-order valence-electron chi connectivity index (χ4n) is 6.65. The van der Waals surface area contributed by atoms with E-state index in [2.05, 4.69) is 41.3 Å². The highest BCUT2D eigenvalue weighted by atomic mass is 19.3. The number of aliphatic imine (C=N–C) groups is 1. The average molecular weight is 593 g/mol. The van der Waals surface area contributed by atoms with Gasteiger partial charge in [0.05, 0.1) is 34.6 Å². The molecule has 1 unspecified atom stereocenters. The van der Waals surface area contributed by atoms with Crippen LogP contribution in [0.3, 0.4) is 0 Å². The summed E-state index contributed by atoms with van der Waals surface area (Å²) in [6.07, 6.45) is 8.86. The lowest BCUT2D eigenvalue weighted by Crippen LogP contribution is -2.56. The van der Waals surface area contributed by atoms with E-state index in [1.54, 1.807) is 6.92 Å². The lowest BCUT2D eigenvalue weighted by Gasteiger charge is -2.46. The van der Waals surface area contributed by atoms with Gasteiger partial charge in [-0.15, -0.1) is 0 Å². The van der Waals surface area contributed by atoms with Crippen LogP contribution in [0.15, 0.2) is 71.3 Å². The first kappa shape index (κ1) is 30.9. The molecule has 0 amide bonds. The predicted octanol–water partition coefficient (Wildman–Crippen LogP) is 6.84. The van der Waals surface area contributed by atoms with Crippen LogP contribution < -0.4 is 5.32 Å². The molecule has 1 aromatic carbocycles. The Labute approximate surface area is 253 Å². The second-order valence-electron chi connectivity index (χ2n) is 12.6. The molecule has 230 valence electrons. The zero-order chi connectivity index (χ0) is 31.1. The molecule has 2 fully saturated rings. The Morgan fingerprint density at radius 3 is 2.51 bits per heavy atom. The maximum atomic E-state index is 16.0. The van der Waals surface area contributed by atoms with Gasteiger partial charge in [0.1, 0.15) is 17.5 Å². The minimum atomic E-state index is -3.29. The normalized spacial score (nSPS) is 29.0. The number of hydrogen-bond acceptors (Lipinski definition) is 6. The lowest BCUT2D eigenvalue weighted by atomic mass is 9.85. The minimum absolute atomic E-state index is 0.104. The van der Waals surface area contributed by atoms with E-state index in [0.29, 0.717) is 5.84 Å². The number of alkyl halides is 2. The summed E-state index contributed by atoms with van der Waals surface area (Å²) in [5.74, 6) is -3.86. The standard InChI is InChI=1S/C34H43F3N6/c1-7-39-31-27-18-29(33(21-38)15-16-33)24(4)42(6)32(27)41(5)17-10-8-9-12-22(2)43-19-25(20-43)34(36,37)28-14-11-13-26(30(28)35)23(3)40-31/h7,11,13-14,18,22-23,25H,1,4,8-10,12,15-17,19-20H2,2-3,5-6H3,(H,39,40)/t22?,23-/m1/s1. The quantitative estimate of drug-likeness (QED) is 0.408. The Morgan fingerprint density at radius 1 is 1.14 bits per heavy atom. The van der Waals surface area contributed by atoms with Crippen LogP contribution in [0.25, 0.3) is 0 Å². The van der Waals surface area contributed by atoms with E-state index in [-0.39, 0.29) is 24.7 Å². The van der Waals surface area contributed by atoms with Crippen molar-refractivity contribution < 1.29 is 13.2 Å². The Kier molecular flexibility index (Phi) is 8.54. The van der Waals surface area contributed by atoms with E-state index < -0.39 is 34.7 Å². The van der Waals surface area contributed by atoms with Gasteiger partial charge in [0.25, 0.3) is 5.92 Å². The molecule has 1 aromatic rings. The molecule has 1 aliphatic carbocycles. The average Bonchev–Trinajstić information content (AvgIpc) is 3.73. The van der Waals surface area contributed by atoms with E-state index in [1.807, 2.05) is 25.1 Å². The van der Waals surface area contributed by atoms with Gasteiger partial charge in [0.15, 0.2) is 0 Å². The molecule has 6 rings (SSSR count).